The third-order valence-corrected chi connectivity index (χ3v) is 5.90. The van der Waals surface area contributed by atoms with Gasteiger partial charge in [0.05, 0.1) is 6.26 Å². The van der Waals surface area contributed by atoms with E-state index in [4.69, 9.17) is 4.42 Å². The van der Waals surface area contributed by atoms with Gasteiger partial charge in [0.25, 0.3) is 11.8 Å². The van der Waals surface area contributed by atoms with Crippen LogP contribution >= 0.6 is 11.5 Å². The zero-order chi connectivity index (χ0) is 20.8. The molecule has 0 radical (unpaired) electrons. The van der Waals surface area contributed by atoms with Gasteiger partial charge in [0.15, 0.2) is 11.7 Å². The monoisotopic (exact) mass is 424 g/mol. The Morgan fingerprint density at radius 2 is 1.97 bits per heavy atom. The van der Waals surface area contributed by atoms with E-state index < -0.39 is 6.04 Å². The second kappa shape index (κ2) is 9.67. The van der Waals surface area contributed by atoms with Crippen LogP contribution in [0.2, 0.25) is 0 Å². The maximum Gasteiger partial charge on any atom is 0.276 e. The van der Waals surface area contributed by atoms with E-state index in [2.05, 4.69) is 14.9 Å². The molecule has 7 nitrogen and oxygen atoms in total. The van der Waals surface area contributed by atoms with Gasteiger partial charge in [-0.05, 0) is 48.5 Å². The lowest BCUT2D eigenvalue weighted by Crippen LogP contribution is -2.46. The van der Waals surface area contributed by atoms with Gasteiger partial charge in [-0.25, -0.2) is 0 Å². The molecule has 1 atom stereocenters. The number of aromatic nitrogens is 2. The predicted molar refractivity (Wildman–Crippen MR) is 113 cm³/mol. The SMILES string of the molecule is O=C(NC1CCCC1)C(c1ccco1)N(CCc1ccccc1)C(=O)c1csnn1. The van der Waals surface area contributed by atoms with Crippen molar-refractivity contribution < 1.29 is 14.0 Å². The molecule has 8 heteroatoms. The highest BCUT2D eigenvalue weighted by Gasteiger charge is 2.36. The average molecular weight is 425 g/mol. The lowest BCUT2D eigenvalue weighted by atomic mass is 10.1. The number of benzene rings is 1. The van der Waals surface area contributed by atoms with E-state index in [9.17, 15) is 9.59 Å². The van der Waals surface area contributed by atoms with Crippen molar-refractivity contribution in [3.8, 4) is 0 Å². The minimum Gasteiger partial charge on any atom is -0.467 e. The van der Waals surface area contributed by atoms with Crippen LogP contribution in [0.3, 0.4) is 0 Å². The molecule has 0 bridgehead atoms. The van der Waals surface area contributed by atoms with Crippen molar-refractivity contribution in [3.63, 3.8) is 0 Å². The quantitative estimate of drug-likeness (QED) is 0.597. The predicted octanol–water partition coefficient (Wildman–Crippen LogP) is 3.62. The van der Waals surface area contributed by atoms with Gasteiger partial charge >= 0.3 is 0 Å². The molecule has 156 valence electrons. The molecule has 0 aliphatic heterocycles. The lowest BCUT2D eigenvalue weighted by Gasteiger charge is -2.30. The van der Waals surface area contributed by atoms with E-state index in [1.54, 1.807) is 22.4 Å². The Morgan fingerprint density at radius 3 is 2.63 bits per heavy atom. The normalized spacial score (nSPS) is 15.1. The van der Waals surface area contributed by atoms with Crippen molar-refractivity contribution in [1.82, 2.24) is 19.8 Å². The van der Waals surface area contributed by atoms with Crippen molar-refractivity contribution in [2.75, 3.05) is 6.54 Å². The molecule has 30 heavy (non-hydrogen) atoms. The minimum absolute atomic E-state index is 0.141. The van der Waals surface area contributed by atoms with Crippen molar-refractivity contribution >= 4 is 23.3 Å². The number of furan rings is 1. The smallest absolute Gasteiger partial charge is 0.276 e. The first-order valence-corrected chi connectivity index (χ1v) is 11.0. The molecule has 1 aliphatic carbocycles. The minimum atomic E-state index is -0.862. The summed E-state index contributed by atoms with van der Waals surface area (Å²) in [7, 11) is 0. The van der Waals surface area contributed by atoms with Crippen LogP contribution in [0.1, 0.15) is 53.5 Å². The summed E-state index contributed by atoms with van der Waals surface area (Å²) in [5.41, 5.74) is 1.32. The van der Waals surface area contributed by atoms with Gasteiger partial charge in [-0.3, -0.25) is 9.59 Å². The van der Waals surface area contributed by atoms with Crippen molar-refractivity contribution in [2.24, 2.45) is 0 Å². The van der Waals surface area contributed by atoms with E-state index >= 15 is 0 Å². The molecule has 1 fully saturated rings. The molecule has 2 heterocycles. The van der Waals surface area contributed by atoms with Gasteiger partial charge in [0, 0.05) is 18.0 Å². The Labute approximate surface area is 179 Å². The van der Waals surface area contributed by atoms with Crippen LogP contribution in [-0.2, 0) is 11.2 Å². The number of rotatable bonds is 8. The Balaban J connectivity index is 1.62. The standard InChI is InChI=1S/C22H24N4O3S/c27-21(23-17-9-4-5-10-17)20(19-11-6-14-29-19)26(22(28)18-15-30-25-24-18)13-12-16-7-2-1-3-8-16/h1-3,6-8,11,14-15,17,20H,4-5,9-10,12-13H2,(H,23,27). The molecule has 3 aromatic rings. The van der Waals surface area contributed by atoms with Gasteiger partial charge in [-0.1, -0.05) is 47.7 Å². The Kier molecular flexibility index (Phi) is 6.53. The third kappa shape index (κ3) is 4.76. The summed E-state index contributed by atoms with van der Waals surface area (Å²) in [5.74, 6) is -0.112. The van der Waals surface area contributed by atoms with Crippen LogP contribution in [-0.4, -0.2) is 38.9 Å². The molecule has 1 aromatic carbocycles. The topological polar surface area (TPSA) is 88.3 Å². The van der Waals surface area contributed by atoms with E-state index in [1.165, 1.54) is 6.26 Å². The fourth-order valence-corrected chi connectivity index (χ4v) is 4.30. The Hall–Kier alpha value is -3.00. The largest absolute Gasteiger partial charge is 0.467 e. The lowest BCUT2D eigenvalue weighted by molar-refractivity contribution is -0.127. The third-order valence-electron chi connectivity index (χ3n) is 5.40. The number of carbonyl (C=O) groups is 2. The molecule has 1 unspecified atom stereocenters. The van der Waals surface area contributed by atoms with Gasteiger partial charge in [-0.15, -0.1) is 5.10 Å². The number of nitrogens with zero attached hydrogens (tertiary/aromatic N) is 3. The summed E-state index contributed by atoms with van der Waals surface area (Å²) >= 11 is 1.11. The van der Waals surface area contributed by atoms with Crippen LogP contribution in [0, 0.1) is 0 Å². The molecular formula is C22H24N4O3S. The van der Waals surface area contributed by atoms with E-state index in [0.717, 1.165) is 42.8 Å². The first kappa shape index (κ1) is 20.3. The number of hydrogen-bond acceptors (Lipinski definition) is 6. The fraction of sp³-hybridized carbons (Fsp3) is 0.364. The highest BCUT2D eigenvalue weighted by molar-refractivity contribution is 7.03. The summed E-state index contributed by atoms with van der Waals surface area (Å²) in [6.07, 6.45) is 6.28. The number of nitrogens with one attached hydrogen (secondary N) is 1. The van der Waals surface area contributed by atoms with Gasteiger partial charge in [0.2, 0.25) is 0 Å². The number of hydrogen-bond donors (Lipinski definition) is 1. The van der Waals surface area contributed by atoms with Gasteiger partial charge in [0.1, 0.15) is 5.76 Å². The summed E-state index contributed by atoms with van der Waals surface area (Å²) in [6.45, 7) is 0.351. The summed E-state index contributed by atoms with van der Waals surface area (Å²) in [6, 6.07) is 12.6. The molecule has 0 spiro atoms. The van der Waals surface area contributed by atoms with Crippen molar-refractivity contribution in [2.45, 2.75) is 44.2 Å². The molecule has 1 aliphatic rings. The molecule has 2 amide bonds. The van der Waals surface area contributed by atoms with Gasteiger partial charge < -0.3 is 14.6 Å². The first-order valence-electron chi connectivity index (χ1n) is 10.2. The maximum atomic E-state index is 13.3. The molecule has 0 saturated heterocycles. The molecule has 4 rings (SSSR count). The summed E-state index contributed by atoms with van der Waals surface area (Å²) < 4.78 is 9.41. The number of carbonyl (C=O) groups excluding carboxylic acids is 2. The van der Waals surface area contributed by atoms with Gasteiger partial charge in [-0.2, -0.15) is 0 Å². The molecule has 1 N–H and O–H groups in total. The van der Waals surface area contributed by atoms with E-state index in [0.29, 0.717) is 18.7 Å². The second-order valence-electron chi connectivity index (χ2n) is 7.43. The second-order valence-corrected chi connectivity index (χ2v) is 8.04. The number of amides is 2. The van der Waals surface area contributed by atoms with E-state index in [1.807, 2.05) is 30.3 Å². The van der Waals surface area contributed by atoms with Crippen LogP contribution in [0.4, 0.5) is 0 Å². The van der Waals surface area contributed by atoms with Crippen LogP contribution in [0.25, 0.3) is 0 Å². The molecule has 1 saturated carbocycles. The highest BCUT2D eigenvalue weighted by atomic mass is 32.1. The van der Waals surface area contributed by atoms with Crippen LogP contribution < -0.4 is 5.32 Å². The Morgan fingerprint density at radius 1 is 1.17 bits per heavy atom. The molecular weight excluding hydrogens is 400 g/mol. The average Bonchev–Trinajstić information content (AvgIpc) is 3.55. The van der Waals surface area contributed by atoms with Crippen LogP contribution in [0.15, 0.2) is 58.5 Å². The zero-order valence-electron chi connectivity index (χ0n) is 16.6. The summed E-state index contributed by atoms with van der Waals surface area (Å²) in [5, 5.41) is 8.66. The Bertz CT molecular complexity index is 938. The zero-order valence-corrected chi connectivity index (χ0v) is 17.4. The summed E-state index contributed by atoms with van der Waals surface area (Å²) in [4.78, 5) is 28.2. The maximum absolute atomic E-state index is 13.3. The van der Waals surface area contributed by atoms with Crippen molar-refractivity contribution in [1.29, 1.82) is 0 Å². The van der Waals surface area contributed by atoms with E-state index in [-0.39, 0.29) is 23.6 Å². The van der Waals surface area contributed by atoms with Crippen LogP contribution in [0.5, 0.6) is 0 Å². The first-order chi connectivity index (χ1) is 14.7. The molecule has 2 aromatic heterocycles. The highest BCUT2D eigenvalue weighted by Crippen LogP contribution is 2.26. The fourth-order valence-electron chi connectivity index (χ4n) is 3.87. The van der Waals surface area contributed by atoms with Crippen molar-refractivity contribution in [3.05, 3.63) is 71.1 Å².